The molecule has 1 aliphatic rings. The van der Waals surface area contributed by atoms with Crippen molar-refractivity contribution in [2.75, 3.05) is 26.7 Å². The molecule has 0 aromatic rings. The fourth-order valence-corrected chi connectivity index (χ4v) is 2.42. The van der Waals surface area contributed by atoms with Crippen LogP contribution in [0.4, 0.5) is 0 Å². The maximum atomic E-state index is 9.11. The van der Waals surface area contributed by atoms with E-state index in [1.807, 2.05) is 0 Å². The predicted octanol–water partition coefficient (Wildman–Crippen LogP) is 0.831. The molecule has 0 amide bonds. The van der Waals surface area contributed by atoms with E-state index in [9.17, 15) is 0 Å². The van der Waals surface area contributed by atoms with Crippen LogP contribution in [-0.2, 0) is 0 Å². The van der Waals surface area contributed by atoms with Gasteiger partial charge in [-0.3, -0.25) is 0 Å². The summed E-state index contributed by atoms with van der Waals surface area (Å²) >= 11 is 0. The molecule has 1 fully saturated rings. The summed E-state index contributed by atoms with van der Waals surface area (Å²) in [7, 11) is 2.16. The molecule has 1 aliphatic heterocycles. The number of hydrogen-bond acceptors (Lipinski definition) is 3. The molecule has 0 radical (unpaired) electrons. The highest BCUT2D eigenvalue weighted by molar-refractivity contribution is 4.99. The largest absolute Gasteiger partial charge is 0.396 e. The van der Waals surface area contributed by atoms with E-state index in [-0.39, 0.29) is 12.1 Å². The molecule has 2 N–H and O–H groups in total. The van der Waals surface area contributed by atoms with Crippen molar-refractivity contribution in [2.45, 2.75) is 44.7 Å². The quantitative estimate of drug-likeness (QED) is 0.690. The molecule has 0 bridgehead atoms. The fraction of sp³-hybridized carbons (Fsp3) is 1.00. The standard InChI is InChI=1S/C11H24N2O/c1-4-6-12-11(5-7-14)8-10(2)13(3)9-11/h10,12,14H,4-9H2,1-3H3. The van der Waals surface area contributed by atoms with Crippen LogP contribution in [0.2, 0.25) is 0 Å². The van der Waals surface area contributed by atoms with Gasteiger partial charge in [0.25, 0.3) is 0 Å². The van der Waals surface area contributed by atoms with Gasteiger partial charge in [-0.2, -0.15) is 0 Å². The maximum Gasteiger partial charge on any atom is 0.0449 e. The molecule has 14 heavy (non-hydrogen) atoms. The average Bonchev–Trinajstić information content (AvgIpc) is 2.41. The van der Waals surface area contributed by atoms with Gasteiger partial charge in [0, 0.05) is 24.7 Å². The molecule has 3 nitrogen and oxygen atoms in total. The lowest BCUT2D eigenvalue weighted by molar-refractivity contribution is 0.209. The van der Waals surface area contributed by atoms with Crippen molar-refractivity contribution in [1.29, 1.82) is 0 Å². The van der Waals surface area contributed by atoms with Crippen molar-refractivity contribution in [3.63, 3.8) is 0 Å². The third kappa shape index (κ3) is 2.69. The van der Waals surface area contributed by atoms with Gasteiger partial charge in [0.15, 0.2) is 0 Å². The van der Waals surface area contributed by atoms with Crippen molar-refractivity contribution in [2.24, 2.45) is 0 Å². The van der Waals surface area contributed by atoms with Gasteiger partial charge in [-0.25, -0.2) is 0 Å². The highest BCUT2D eigenvalue weighted by atomic mass is 16.3. The smallest absolute Gasteiger partial charge is 0.0449 e. The molecule has 0 saturated carbocycles. The summed E-state index contributed by atoms with van der Waals surface area (Å²) in [5, 5.41) is 12.7. The molecule has 2 unspecified atom stereocenters. The Morgan fingerprint density at radius 3 is 2.71 bits per heavy atom. The molecule has 0 aromatic carbocycles. The molecule has 84 valence electrons. The first-order valence-electron chi connectivity index (χ1n) is 5.69. The highest BCUT2D eigenvalue weighted by Crippen LogP contribution is 2.28. The zero-order valence-electron chi connectivity index (χ0n) is 9.71. The second-order valence-electron chi connectivity index (χ2n) is 4.65. The molecule has 1 heterocycles. The molecule has 0 aliphatic carbocycles. The van der Waals surface area contributed by atoms with Gasteiger partial charge in [-0.1, -0.05) is 6.92 Å². The average molecular weight is 200 g/mol. The van der Waals surface area contributed by atoms with E-state index < -0.39 is 0 Å². The van der Waals surface area contributed by atoms with Gasteiger partial charge in [-0.15, -0.1) is 0 Å². The number of aliphatic hydroxyl groups excluding tert-OH is 1. The minimum absolute atomic E-state index is 0.166. The number of aliphatic hydroxyl groups is 1. The third-order valence-electron chi connectivity index (χ3n) is 3.33. The Kier molecular flexibility index (Phi) is 4.35. The van der Waals surface area contributed by atoms with Gasteiger partial charge in [0.2, 0.25) is 0 Å². The van der Waals surface area contributed by atoms with E-state index in [2.05, 4.69) is 31.1 Å². The van der Waals surface area contributed by atoms with Crippen LogP contribution in [0.1, 0.15) is 33.1 Å². The van der Waals surface area contributed by atoms with E-state index in [0.29, 0.717) is 6.04 Å². The Morgan fingerprint density at radius 2 is 2.29 bits per heavy atom. The zero-order valence-corrected chi connectivity index (χ0v) is 9.71. The molecule has 2 atom stereocenters. The van der Waals surface area contributed by atoms with Crippen LogP contribution in [0.25, 0.3) is 0 Å². The van der Waals surface area contributed by atoms with Gasteiger partial charge in [0.1, 0.15) is 0 Å². The number of hydrogen-bond donors (Lipinski definition) is 2. The number of nitrogens with zero attached hydrogens (tertiary/aromatic N) is 1. The lowest BCUT2D eigenvalue weighted by atomic mass is 9.92. The fourth-order valence-electron chi connectivity index (χ4n) is 2.42. The summed E-state index contributed by atoms with van der Waals surface area (Å²) in [6, 6.07) is 0.630. The lowest BCUT2D eigenvalue weighted by Gasteiger charge is -2.29. The minimum Gasteiger partial charge on any atom is -0.396 e. The second kappa shape index (κ2) is 5.10. The Morgan fingerprint density at radius 1 is 1.57 bits per heavy atom. The van der Waals surface area contributed by atoms with E-state index in [1.54, 1.807) is 0 Å². The Hall–Kier alpha value is -0.120. The number of rotatable bonds is 5. The molecular weight excluding hydrogens is 176 g/mol. The highest BCUT2D eigenvalue weighted by Gasteiger charge is 2.39. The SMILES string of the molecule is CCCNC1(CCO)CC(C)N(C)C1. The minimum atomic E-state index is 0.166. The summed E-state index contributed by atoms with van der Waals surface area (Å²) in [4.78, 5) is 2.37. The number of likely N-dealkylation sites (N-methyl/N-ethyl adjacent to an activating group) is 1. The summed E-state index contributed by atoms with van der Waals surface area (Å²) < 4.78 is 0. The van der Waals surface area contributed by atoms with Crippen LogP contribution < -0.4 is 5.32 Å². The summed E-state index contributed by atoms with van der Waals surface area (Å²) in [6.45, 7) is 6.85. The molecule has 3 heteroatoms. The van der Waals surface area contributed by atoms with E-state index in [4.69, 9.17) is 5.11 Å². The van der Waals surface area contributed by atoms with Crippen LogP contribution in [-0.4, -0.2) is 48.3 Å². The summed E-state index contributed by atoms with van der Waals surface area (Å²) in [6.07, 6.45) is 3.19. The lowest BCUT2D eigenvalue weighted by Crippen LogP contribution is -2.48. The van der Waals surface area contributed by atoms with Gasteiger partial charge >= 0.3 is 0 Å². The van der Waals surface area contributed by atoms with Gasteiger partial charge in [-0.05, 0) is 39.8 Å². The Bertz CT molecular complexity index is 163. The first-order chi connectivity index (χ1) is 6.63. The topological polar surface area (TPSA) is 35.5 Å². The summed E-state index contributed by atoms with van der Waals surface area (Å²) in [5.41, 5.74) is 0.166. The van der Waals surface area contributed by atoms with Crippen molar-refractivity contribution in [1.82, 2.24) is 10.2 Å². The van der Waals surface area contributed by atoms with Crippen LogP contribution in [0.15, 0.2) is 0 Å². The van der Waals surface area contributed by atoms with Crippen molar-refractivity contribution >= 4 is 0 Å². The Labute approximate surface area is 87.5 Å². The zero-order chi connectivity index (χ0) is 10.6. The van der Waals surface area contributed by atoms with E-state index in [1.165, 1.54) is 0 Å². The first kappa shape index (κ1) is 12.0. The molecule has 0 aromatic heterocycles. The monoisotopic (exact) mass is 200 g/mol. The van der Waals surface area contributed by atoms with Crippen molar-refractivity contribution in [3.8, 4) is 0 Å². The first-order valence-corrected chi connectivity index (χ1v) is 5.69. The predicted molar refractivity (Wildman–Crippen MR) is 59.4 cm³/mol. The second-order valence-corrected chi connectivity index (χ2v) is 4.65. The van der Waals surface area contributed by atoms with Crippen molar-refractivity contribution in [3.05, 3.63) is 0 Å². The van der Waals surface area contributed by atoms with Crippen LogP contribution in [0.5, 0.6) is 0 Å². The van der Waals surface area contributed by atoms with Gasteiger partial charge in [0.05, 0.1) is 0 Å². The van der Waals surface area contributed by atoms with E-state index in [0.717, 1.165) is 32.4 Å². The van der Waals surface area contributed by atoms with Gasteiger partial charge < -0.3 is 15.3 Å². The number of nitrogens with one attached hydrogen (secondary N) is 1. The molecule has 0 spiro atoms. The summed E-state index contributed by atoms with van der Waals surface area (Å²) in [5.74, 6) is 0. The third-order valence-corrected chi connectivity index (χ3v) is 3.33. The molecule has 1 saturated heterocycles. The van der Waals surface area contributed by atoms with Crippen molar-refractivity contribution < 1.29 is 5.11 Å². The number of likely N-dealkylation sites (tertiary alicyclic amines) is 1. The van der Waals surface area contributed by atoms with Crippen LogP contribution in [0.3, 0.4) is 0 Å². The van der Waals surface area contributed by atoms with Crippen LogP contribution in [0, 0.1) is 0 Å². The maximum absolute atomic E-state index is 9.11. The van der Waals surface area contributed by atoms with E-state index >= 15 is 0 Å². The molecular formula is C11H24N2O. The molecule has 1 rings (SSSR count). The normalized spacial score (nSPS) is 33.9. The Balaban J connectivity index is 2.54. The van der Waals surface area contributed by atoms with Crippen LogP contribution >= 0.6 is 0 Å².